The lowest BCUT2D eigenvalue weighted by Gasteiger charge is -2.04. The van der Waals surface area contributed by atoms with E-state index in [0.29, 0.717) is 11.1 Å². The van der Waals surface area contributed by atoms with Gasteiger partial charge in [0.15, 0.2) is 0 Å². The highest BCUT2D eigenvalue weighted by Crippen LogP contribution is 2.07. The van der Waals surface area contributed by atoms with Crippen LogP contribution in [0.1, 0.15) is 11.1 Å². The third-order valence-corrected chi connectivity index (χ3v) is 2.75. The number of rotatable bonds is 4. The first kappa shape index (κ1) is 14.8. The molecule has 108 valence electrons. The van der Waals surface area contributed by atoms with Gasteiger partial charge in [0, 0.05) is 0 Å². The molecule has 0 atom stereocenters. The molecule has 0 N–H and O–H groups in total. The van der Waals surface area contributed by atoms with Crippen LogP contribution in [0.5, 0.6) is 0 Å². The lowest BCUT2D eigenvalue weighted by Crippen LogP contribution is -2.16. The number of esters is 2. The molecule has 21 heavy (non-hydrogen) atoms. The summed E-state index contributed by atoms with van der Waals surface area (Å²) in [5.41, 5.74) is 1.10. The third kappa shape index (κ3) is 4.80. The highest BCUT2D eigenvalue weighted by molar-refractivity contribution is 5.87. The normalized spacial score (nSPS) is 10.2. The number of hydrogen-bond acceptors (Lipinski definition) is 3. The highest BCUT2D eigenvalue weighted by Gasteiger charge is 2.12. The van der Waals surface area contributed by atoms with Crippen molar-refractivity contribution in [1.82, 2.24) is 0 Å². The molecule has 0 aliphatic heterocycles. The molecule has 0 saturated heterocycles. The second-order valence-corrected chi connectivity index (χ2v) is 4.45. The molecule has 0 aliphatic carbocycles. The number of halogens is 2. The fourth-order valence-electron chi connectivity index (χ4n) is 1.74. The summed E-state index contributed by atoms with van der Waals surface area (Å²) >= 11 is 0. The summed E-state index contributed by atoms with van der Waals surface area (Å²) in [6, 6.07) is 10.7. The number of carbonyl (C=O) groups is 2. The Bertz CT molecular complexity index is 576. The molecule has 0 heterocycles. The number of hydrogen-bond donors (Lipinski definition) is 0. The third-order valence-electron chi connectivity index (χ3n) is 2.75. The molecule has 0 aromatic heterocycles. The van der Waals surface area contributed by atoms with Gasteiger partial charge in [-0.15, -0.1) is 0 Å². The first-order valence-corrected chi connectivity index (χ1v) is 6.25. The molecule has 2 aromatic rings. The molecule has 2 aromatic carbocycles. The Morgan fingerprint density at radius 2 is 1.05 bits per heavy atom. The van der Waals surface area contributed by atoms with E-state index in [9.17, 15) is 18.4 Å². The summed E-state index contributed by atoms with van der Waals surface area (Å²) in [4.78, 5) is 23.1. The van der Waals surface area contributed by atoms with Crippen LogP contribution in [-0.4, -0.2) is 11.9 Å². The predicted molar refractivity (Wildman–Crippen MR) is 71.3 cm³/mol. The van der Waals surface area contributed by atoms with E-state index in [1.165, 1.54) is 48.5 Å². The van der Waals surface area contributed by atoms with E-state index < -0.39 is 23.6 Å². The fraction of sp³-hybridized carbons (Fsp3) is 0.125. The van der Waals surface area contributed by atoms with Gasteiger partial charge >= 0.3 is 11.9 Å². The van der Waals surface area contributed by atoms with E-state index in [1.807, 2.05) is 0 Å². The molecule has 0 saturated carbocycles. The quantitative estimate of drug-likeness (QED) is 0.642. The van der Waals surface area contributed by atoms with E-state index in [4.69, 9.17) is 0 Å². The number of carbonyl (C=O) groups excluding carboxylic acids is 2. The van der Waals surface area contributed by atoms with E-state index in [0.717, 1.165) is 0 Å². The van der Waals surface area contributed by atoms with Crippen molar-refractivity contribution in [3.63, 3.8) is 0 Å². The zero-order chi connectivity index (χ0) is 15.2. The first-order chi connectivity index (χ1) is 10.0. The Kier molecular flexibility index (Phi) is 4.77. The highest BCUT2D eigenvalue weighted by atomic mass is 19.1. The van der Waals surface area contributed by atoms with Crippen molar-refractivity contribution in [2.45, 2.75) is 12.8 Å². The van der Waals surface area contributed by atoms with Gasteiger partial charge < -0.3 is 4.74 Å². The largest absolute Gasteiger partial charge is 0.393 e. The molecule has 0 aliphatic rings. The molecule has 0 radical (unpaired) electrons. The summed E-state index contributed by atoms with van der Waals surface area (Å²) in [6.45, 7) is 0. The van der Waals surface area contributed by atoms with Gasteiger partial charge in [0.1, 0.15) is 11.6 Å². The van der Waals surface area contributed by atoms with Crippen molar-refractivity contribution in [1.29, 1.82) is 0 Å². The molecule has 0 bridgehead atoms. The Hall–Kier alpha value is -2.56. The molecular weight excluding hydrogens is 278 g/mol. The molecule has 2 rings (SSSR count). The van der Waals surface area contributed by atoms with Crippen LogP contribution < -0.4 is 0 Å². The Morgan fingerprint density at radius 3 is 1.38 bits per heavy atom. The van der Waals surface area contributed by atoms with Crippen molar-refractivity contribution in [3.8, 4) is 0 Å². The molecule has 0 amide bonds. The van der Waals surface area contributed by atoms with Crippen molar-refractivity contribution in [3.05, 3.63) is 71.3 Å². The molecule has 3 nitrogen and oxygen atoms in total. The van der Waals surface area contributed by atoms with Crippen LogP contribution >= 0.6 is 0 Å². The predicted octanol–water partition coefficient (Wildman–Crippen LogP) is 2.82. The van der Waals surface area contributed by atoms with Crippen LogP contribution in [0.4, 0.5) is 8.78 Å². The van der Waals surface area contributed by atoms with Gasteiger partial charge in [-0.2, -0.15) is 0 Å². The van der Waals surface area contributed by atoms with E-state index >= 15 is 0 Å². The lowest BCUT2D eigenvalue weighted by atomic mass is 10.1. The van der Waals surface area contributed by atoms with Crippen LogP contribution in [0.2, 0.25) is 0 Å². The molecule has 5 heteroatoms. The number of ether oxygens (including phenoxy) is 1. The van der Waals surface area contributed by atoms with Gasteiger partial charge in [0.25, 0.3) is 0 Å². The second kappa shape index (κ2) is 6.74. The summed E-state index contributed by atoms with van der Waals surface area (Å²) in [5, 5.41) is 0. The minimum atomic E-state index is -0.714. The van der Waals surface area contributed by atoms with Crippen molar-refractivity contribution >= 4 is 11.9 Å². The van der Waals surface area contributed by atoms with E-state index in [2.05, 4.69) is 4.74 Å². The Balaban J connectivity index is 1.85. The zero-order valence-corrected chi connectivity index (χ0v) is 11.0. The maximum Gasteiger partial charge on any atom is 0.317 e. The summed E-state index contributed by atoms with van der Waals surface area (Å²) in [5.74, 6) is -2.23. The van der Waals surface area contributed by atoms with Gasteiger partial charge in [-0.1, -0.05) is 24.3 Å². The summed E-state index contributed by atoms with van der Waals surface area (Å²) in [6.07, 6.45) is -0.231. The molecule has 0 fully saturated rings. The van der Waals surface area contributed by atoms with Crippen LogP contribution in [-0.2, 0) is 27.2 Å². The Morgan fingerprint density at radius 1 is 0.714 bits per heavy atom. The van der Waals surface area contributed by atoms with Crippen molar-refractivity contribution < 1.29 is 23.1 Å². The minimum absolute atomic E-state index is 0.116. The fourth-order valence-corrected chi connectivity index (χ4v) is 1.74. The Labute approximate surface area is 120 Å². The maximum absolute atomic E-state index is 12.7. The van der Waals surface area contributed by atoms with Gasteiger partial charge in [0.2, 0.25) is 0 Å². The average molecular weight is 290 g/mol. The van der Waals surface area contributed by atoms with E-state index in [1.54, 1.807) is 0 Å². The smallest absolute Gasteiger partial charge is 0.317 e. The van der Waals surface area contributed by atoms with Crippen LogP contribution in [0.3, 0.4) is 0 Å². The van der Waals surface area contributed by atoms with Gasteiger partial charge in [0.05, 0.1) is 12.8 Å². The first-order valence-electron chi connectivity index (χ1n) is 6.25. The minimum Gasteiger partial charge on any atom is -0.393 e. The SMILES string of the molecule is O=C(Cc1ccc(F)cc1)OC(=O)Cc1ccc(F)cc1. The van der Waals surface area contributed by atoms with Gasteiger partial charge in [-0.25, -0.2) is 8.78 Å². The van der Waals surface area contributed by atoms with Gasteiger partial charge in [-0.3, -0.25) is 9.59 Å². The van der Waals surface area contributed by atoms with Crippen LogP contribution in [0.25, 0.3) is 0 Å². The van der Waals surface area contributed by atoms with Crippen molar-refractivity contribution in [2.75, 3.05) is 0 Å². The number of benzene rings is 2. The molecule has 0 unspecified atom stereocenters. The van der Waals surface area contributed by atoms with Gasteiger partial charge in [-0.05, 0) is 35.4 Å². The van der Waals surface area contributed by atoms with E-state index in [-0.39, 0.29) is 12.8 Å². The molecule has 0 spiro atoms. The summed E-state index contributed by atoms with van der Waals surface area (Å²) < 4.78 is 30.1. The topological polar surface area (TPSA) is 43.4 Å². The second-order valence-electron chi connectivity index (χ2n) is 4.45. The standard InChI is InChI=1S/C16H12F2O3/c17-13-5-1-11(2-6-13)9-15(19)21-16(20)10-12-3-7-14(18)8-4-12/h1-8H,9-10H2. The van der Waals surface area contributed by atoms with Crippen LogP contribution in [0.15, 0.2) is 48.5 Å². The average Bonchev–Trinajstić information content (AvgIpc) is 2.44. The van der Waals surface area contributed by atoms with Crippen LogP contribution in [0, 0.1) is 11.6 Å². The summed E-state index contributed by atoms with van der Waals surface area (Å²) in [7, 11) is 0. The zero-order valence-electron chi connectivity index (χ0n) is 11.0. The maximum atomic E-state index is 12.7. The van der Waals surface area contributed by atoms with Crippen molar-refractivity contribution in [2.24, 2.45) is 0 Å². The lowest BCUT2D eigenvalue weighted by molar-refractivity contribution is -0.158. The molecular formula is C16H12F2O3. The monoisotopic (exact) mass is 290 g/mol.